The predicted molar refractivity (Wildman–Crippen MR) is 72.1 cm³/mol. The molecule has 0 amide bonds. The summed E-state index contributed by atoms with van der Waals surface area (Å²) in [6.07, 6.45) is 5.73. The SMILES string of the molecule is CN1CC2CCCCC(c3ccccc3)C2C1. The van der Waals surface area contributed by atoms with Crippen LogP contribution < -0.4 is 0 Å². The lowest BCUT2D eigenvalue weighted by Gasteiger charge is -2.25. The first-order valence-corrected chi connectivity index (χ1v) is 7.08. The summed E-state index contributed by atoms with van der Waals surface area (Å²) >= 11 is 0. The number of benzene rings is 1. The summed E-state index contributed by atoms with van der Waals surface area (Å²) in [6, 6.07) is 11.2. The molecule has 92 valence electrons. The van der Waals surface area contributed by atoms with Crippen LogP contribution in [0, 0.1) is 11.8 Å². The van der Waals surface area contributed by atoms with Crippen molar-refractivity contribution < 1.29 is 0 Å². The smallest absolute Gasteiger partial charge is 0.00157 e. The van der Waals surface area contributed by atoms with Gasteiger partial charge in [-0.1, -0.05) is 43.2 Å². The van der Waals surface area contributed by atoms with Gasteiger partial charge in [-0.25, -0.2) is 0 Å². The Morgan fingerprint density at radius 1 is 1.00 bits per heavy atom. The first kappa shape index (κ1) is 11.3. The maximum absolute atomic E-state index is 2.54. The van der Waals surface area contributed by atoms with Crippen LogP contribution in [0.25, 0.3) is 0 Å². The summed E-state index contributed by atoms with van der Waals surface area (Å²) in [5, 5.41) is 0. The van der Waals surface area contributed by atoms with Crippen molar-refractivity contribution in [1.29, 1.82) is 0 Å². The average molecular weight is 229 g/mol. The van der Waals surface area contributed by atoms with Gasteiger partial charge in [-0.05, 0) is 43.2 Å². The van der Waals surface area contributed by atoms with E-state index in [2.05, 4.69) is 42.3 Å². The molecule has 1 heteroatoms. The molecule has 3 rings (SSSR count). The van der Waals surface area contributed by atoms with Crippen molar-refractivity contribution in [2.45, 2.75) is 31.6 Å². The van der Waals surface area contributed by atoms with Gasteiger partial charge < -0.3 is 4.90 Å². The van der Waals surface area contributed by atoms with Gasteiger partial charge in [-0.2, -0.15) is 0 Å². The lowest BCUT2D eigenvalue weighted by Crippen LogP contribution is -2.20. The Balaban J connectivity index is 1.86. The number of hydrogen-bond acceptors (Lipinski definition) is 1. The zero-order chi connectivity index (χ0) is 11.7. The zero-order valence-electron chi connectivity index (χ0n) is 10.8. The Labute approximate surface area is 105 Å². The molecule has 1 aromatic carbocycles. The molecule has 3 atom stereocenters. The highest BCUT2D eigenvalue weighted by molar-refractivity contribution is 5.21. The summed E-state index contributed by atoms with van der Waals surface area (Å²) in [5.74, 6) is 2.67. The highest BCUT2D eigenvalue weighted by Crippen LogP contribution is 2.43. The minimum atomic E-state index is 0.814. The van der Waals surface area contributed by atoms with Crippen LogP contribution in [-0.4, -0.2) is 25.0 Å². The second-order valence-electron chi connectivity index (χ2n) is 5.95. The third-order valence-corrected chi connectivity index (χ3v) is 4.76. The van der Waals surface area contributed by atoms with Crippen molar-refractivity contribution in [1.82, 2.24) is 4.90 Å². The first-order chi connectivity index (χ1) is 8.34. The normalized spacial score (nSPS) is 34.3. The van der Waals surface area contributed by atoms with Crippen LogP contribution in [0.3, 0.4) is 0 Å². The van der Waals surface area contributed by atoms with E-state index in [0.29, 0.717) is 0 Å². The summed E-state index contributed by atoms with van der Waals surface area (Å²) in [7, 11) is 2.29. The van der Waals surface area contributed by atoms with Gasteiger partial charge in [0.05, 0.1) is 0 Å². The maximum atomic E-state index is 2.54. The van der Waals surface area contributed by atoms with E-state index in [9.17, 15) is 0 Å². The minimum absolute atomic E-state index is 0.814. The van der Waals surface area contributed by atoms with Gasteiger partial charge in [-0.15, -0.1) is 0 Å². The molecule has 3 unspecified atom stereocenters. The molecule has 1 aliphatic heterocycles. The van der Waals surface area contributed by atoms with E-state index in [1.807, 2.05) is 0 Å². The van der Waals surface area contributed by atoms with Gasteiger partial charge in [0, 0.05) is 13.1 Å². The summed E-state index contributed by atoms with van der Waals surface area (Å²) < 4.78 is 0. The van der Waals surface area contributed by atoms with Gasteiger partial charge in [-0.3, -0.25) is 0 Å². The van der Waals surface area contributed by atoms with Crippen LogP contribution in [0.2, 0.25) is 0 Å². The number of likely N-dealkylation sites (tertiary alicyclic amines) is 1. The number of rotatable bonds is 1. The van der Waals surface area contributed by atoms with Crippen LogP contribution >= 0.6 is 0 Å². The van der Waals surface area contributed by atoms with E-state index in [0.717, 1.165) is 17.8 Å². The quantitative estimate of drug-likeness (QED) is 0.712. The van der Waals surface area contributed by atoms with Crippen molar-refractivity contribution in [2.24, 2.45) is 11.8 Å². The molecular formula is C16H23N. The topological polar surface area (TPSA) is 3.24 Å². The van der Waals surface area contributed by atoms with E-state index in [1.165, 1.54) is 38.8 Å². The lowest BCUT2D eigenvalue weighted by molar-refractivity contribution is 0.348. The largest absolute Gasteiger partial charge is 0.306 e. The van der Waals surface area contributed by atoms with Gasteiger partial charge in [0.1, 0.15) is 0 Å². The molecule has 1 nitrogen and oxygen atoms in total. The van der Waals surface area contributed by atoms with Gasteiger partial charge >= 0.3 is 0 Å². The molecule has 2 aliphatic rings. The third kappa shape index (κ3) is 2.26. The summed E-state index contributed by atoms with van der Waals surface area (Å²) in [4.78, 5) is 2.54. The van der Waals surface area contributed by atoms with Crippen LogP contribution in [0.1, 0.15) is 37.2 Å². The molecule has 1 saturated heterocycles. The summed E-state index contributed by atoms with van der Waals surface area (Å²) in [6.45, 7) is 2.64. The van der Waals surface area contributed by atoms with Crippen LogP contribution in [0.15, 0.2) is 30.3 Å². The van der Waals surface area contributed by atoms with Crippen molar-refractivity contribution in [3.63, 3.8) is 0 Å². The molecule has 0 bridgehead atoms. The van der Waals surface area contributed by atoms with Crippen LogP contribution in [0.4, 0.5) is 0 Å². The third-order valence-electron chi connectivity index (χ3n) is 4.76. The van der Waals surface area contributed by atoms with Crippen LogP contribution in [-0.2, 0) is 0 Å². The summed E-state index contributed by atoms with van der Waals surface area (Å²) in [5.41, 5.74) is 1.58. The fourth-order valence-electron chi connectivity index (χ4n) is 3.98. The maximum Gasteiger partial charge on any atom is 0.00157 e. The predicted octanol–water partition coefficient (Wildman–Crippen LogP) is 3.52. The molecule has 0 N–H and O–H groups in total. The van der Waals surface area contributed by atoms with Gasteiger partial charge in [0.2, 0.25) is 0 Å². The second kappa shape index (κ2) is 4.81. The minimum Gasteiger partial charge on any atom is -0.306 e. The molecule has 0 radical (unpaired) electrons. The molecule has 1 saturated carbocycles. The molecular weight excluding hydrogens is 206 g/mol. The Kier molecular flexibility index (Phi) is 3.19. The van der Waals surface area contributed by atoms with E-state index in [-0.39, 0.29) is 0 Å². The van der Waals surface area contributed by atoms with Crippen molar-refractivity contribution >= 4 is 0 Å². The molecule has 2 fully saturated rings. The average Bonchev–Trinajstić information content (AvgIpc) is 2.61. The molecule has 0 spiro atoms. The second-order valence-corrected chi connectivity index (χ2v) is 5.95. The van der Waals surface area contributed by atoms with Crippen molar-refractivity contribution in [2.75, 3.05) is 20.1 Å². The Bertz CT molecular complexity index is 359. The van der Waals surface area contributed by atoms with E-state index < -0.39 is 0 Å². The van der Waals surface area contributed by atoms with E-state index >= 15 is 0 Å². The highest BCUT2D eigenvalue weighted by atomic mass is 15.1. The van der Waals surface area contributed by atoms with E-state index in [4.69, 9.17) is 0 Å². The molecule has 1 aliphatic carbocycles. The standard InChI is InChI=1S/C16H23N/c1-17-11-14-9-5-6-10-15(16(14)12-17)13-7-3-2-4-8-13/h2-4,7-8,14-16H,5-6,9-12H2,1H3. The Hall–Kier alpha value is -0.820. The van der Waals surface area contributed by atoms with Gasteiger partial charge in [0.15, 0.2) is 0 Å². The Morgan fingerprint density at radius 3 is 2.59 bits per heavy atom. The van der Waals surface area contributed by atoms with Crippen LogP contribution in [0.5, 0.6) is 0 Å². The monoisotopic (exact) mass is 229 g/mol. The molecule has 0 aromatic heterocycles. The molecule has 17 heavy (non-hydrogen) atoms. The lowest BCUT2D eigenvalue weighted by atomic mass is 9.79. The fraction of sp³-hybridized carbons (Fsp3) is 0.625. The van der Waals surface area contributed by atoms with Gasteiger partial charge in [0.25, 0.3) is 0 Å². The van der Waals surface area contributed by atoms with E-state index in [1.54, 1.807) is 5.56 Å². The molecule has 1 heterocycles. The first-order valence-electron chi connectivity index (χ1n) is 7.08. The Morgan fingerprint density at radius 2 is 1.76 bits per heavy atom. The highest BCUT2D eigenvalue weighted by Gasteiger charge is 2.37. The zero-order valence-corrected chi connectivity index (χ0v) is 10.8. The fourth-order valence-corrected chi connectivity index (χ4v) is 3.98. The number of hydrogen-bond donors (Lipinski definition) is 0. The van der Waals surface area contributed by atoms with Crippen molar-refractivity contribution in [3.8, 4) is 0 Å². The number of nitrogens with zero attached hydrogens (tertiary/aromatic N) is 1. The number of fused-ring (bicyclic) bond motifs is 1. The molecule has 1 aromatic rings. The van der Waals surface area contributed by atoms with Crippen molar-refractivity contribution in [3.05, 3.63) is 35.9 Å².